The minimum Gasteiger partial charge on any atom is -0.478 e. The van der Waals surface area contributed by atoms with E-state index < -0.39 is 5.97 Å². The number of morpholine rings is 1. The Morgan fingerprint density at radius 3 is 2.37 bits per heavy atom. The molecule has 0 amide bonds. The van der Waals surface area contributed by atoms with E-state index in [1.807, 2.05) is 12.1 Å². The summed E-state index contributed by atoms with van der Waals surface area (Å²) in [5.74, 6) is 2.69. The van der Waals surface area contributed by atoms with Gasteiger partial charge in [0.2, 0.25) is 0 Å². The highest BCUT2D eigenvalue weighted by Gasteiger charge is 2.70. The molecule has 5 nitrogen and oxygen atoms in total. The van der Waals surface area contributed by atoms with Gasteiger partial charge in [0.05, 0.1) is 18.8 Å². The number of allylic oxidation sites excluding steroid dienone is 3. The Hall–Kier alpha value is -1.95. The Kier molecular flexibility index (Phi) is 9.35. The van der Waals surface area contributed by atoms with Gasteiger partial charge in [-0.25, -0.2) is 4.79 Å². The van der Waals surface area contributed by atoms with E-state index in [-0.39, 0.29) is 10.8 Å². The molecule has 49 heavy (non-hydrogen) atoms. The maximum absolute atomic E-state index is 11.6. The van der Waals surface area contributed by atoms with Crippen LogP contribution in [0.4, 0.5) is 0 Å². The van der Waals surface area contributed by atoms with Crippen LogP contribution in [0.3, 0.4) is 0 Å². The monoisotopic (exact) mass is 671 g/mol. The Labute approximate surface area is 297 Å². The Bertz CT molecular complexity index is 1440. The minimum absolute atomic E-state index is 0.0441. The molecule has 1 aliphatic heterocycles. The van der Waals surface area contributed by atoms with E-state index in [1.54, 1.807) is 12.1 Å². The van der Waals surface area contributed by atoms with Crippen molar-refractivity contribution in [1.82, 2.24) is 10.2 Å². The number of nitrogens with zero attached hydrogens (tertiary/aromatic N) is 1. The van der Waals surface area contributed by atoms with Crippen LogP contribution in [-0.4, -0.2) is 61.9 Å². The Morgan fingerprint density at radius 1 is 0.939 bits per heavy atom. The molecule has 0 aromatic heterocycles. The summed E-state index contributed by atoms with van der Waals surface area (Å²) in [6.07, 6.45) is 15.7. The van der Waals surface area contributed by atoms with Gasteiger partial charge < -0.3 is 15.2 Å². The maximum Gasteiger partial charge on any atom is 0.335 e. The molecule has 1 saturated heterocycles. The first-order valence-electron chi connectivity index (χ1n) is 20.0. The summed E-state index contributed by atoms with van der Waals surface area (Å²) >= 11 is 0. The van der Waals surface area contributed by atoms with Gasteiger partial charge in [0.1, 0.15) is 0 Å². The number of carboxylic acid groups (broad SMARTS) is 1. The molecular weight excluding hydrogens is 604 g/mol. The average Bonchev–Trinajstić information content (AvgIpc) is 3.45. The second-order valence-corrected chi connectivity index (χ2v) is 19.0. The van der Waals surface area contributed by atoms with Gasteiger partial charge in [0, 0.05) is 19.6 Å². The fourth-order valence-electron chi connectivity index (χ4n) is 14.1. The Morgan fingerprint density at radius 2 is 1.67 bits per heavy atom. The molecule has 6 aliphatic rings. The smallest absolute Gasteiger partial charge is 0.335 e. The first kappa shape index (κ1) is 35.5. The normalized spacial score (nSPS) is 41.5. The van der Waals surface area contributed by atoms with Crippen LogP contribution in [0.5, 0.6) is 0 Å². The largest absolute Gasteiger partial charge is 0.478 e. The topological polar surface area (TPSA) is 61.8 Å². The highest BCUT2D eigenvalue weighted by Crippen LogP contribution is 2.77. The summed E-state index contributed by atoms with van der Waals surface area (Å²) in [7, 11) is 0. The van der Waals surface area contributed by atoms with Gasteiger partial charge in [0.15, 0.2) is 0 Å². The predicted octanol–water partition coefficient (Wildman–Crippen LogP) is 9.35. The molecule has 2 N–H and O–H groups in total. The summed E-state index contributed by atoms with van der Waals surface area (Å²) in [5, 5.41) is 13.5. The second kappa shape index (κ2) is 12.9. The van der Waals surface area contributed by atoms with Crippen molar-refractivity contribution in [3.8, 4) is 0 Å². The quantitative estimate of drug-likeness (QED) is 0.203. The van der Waals surface area contributed by atoms with Crippen LogP contribution in [0.15, 0.2) is 42.5 Å². The first-order valence-corrected chi connectivity index (χ1v) is 20.0. The van der Waals surface area contributed by atoms with Crippen LogP contribution >= 0.6 is 0 Å². The molecule has 1 aromatic carbocycles. The number of hydrogen-bond donors (Lipinski definition) is 2. The van der Waals surface area contributed by atoms with Crippen LogP contribution in [0.25, 0.3) is 5.57 Å². The average molecular weight is 671 g/mol. The fourth-order valence-corrected chi connectivity index (χ4v) is 14.1. The van der Waals surface area contributed by atoms with E-state index in [9.17, 15) is 9.90 Å². The number of aromatic carboxylic acids is 1. The standard InChI is InChI=1S/C44H66N2O3/c1-30(2)33-15-20-44(29-45-23-8-24-46-25-27-49-28-26-46)22-21-42(6)35(38(33)44)13-14-37-41(5)18-16-34(31-9-11-32(12-10-31)39(47)48)40(3,4)36(41)17-19-43(37,42)7/h9-12,16,33,35-38,45H,1,8,13-15,17-29H2,2-7H3,(H,47,48). The third-order valence-corrected chi connectivity index (χ3v) is 16.7. The zero-order valence-electron chi connectivity index (χ0n) is 31.7. The predicted molar refractivity (Wildman–Crippen MR) is 200 cm³/mol. The molecular formula is C44H66N2O3. The summed E-state index contributed by atoms with van der Waals surface area (Å²) in [6, 6.07) is 7.67. The minimum atomic E-state index is -0.852. The first-order chi connectivity index (χ1) is 23.3. The van der Waals surface area contributed by atoms with Crippen molar-refractivity contribution in [2.24, 2.45) is 56.7 Å². The van der Waals surface area contributed by atoms with E-state index in [4.69, 9.17) is 4.74 Å². The van der Waals surface area contributed by atoms with Crippen molar-refractivity contribution in [2.45, 2.75) is 106 Å². The molecule has 270 valence electrons. The van der Waals surface area contributed by atoms with E-state index in [1.165, 1.54) is 87.6 Å². The van der Waals surface area contributed by atoms with Gasteiger partial charge in [-0.2, -0.15) is 0 Å². The molecule has 0 bridgehead atoms. The van der Waals surface area contributed by atoms with Gasteiger partial charge in [-0.05, 0) is 164 Å². The fraction of sp³-hybridized carbons (Fsp3) is 0.750. The van der Waals surface area contributed by atoms with Crippen LogP contribution in [-0.2, 0) is 4.74 Å². The highest BCUT2D eigenvalue weighted by molar-refractivity contribution is 5.88. The van der Waals surface area contributed by atoms with Crippen LogP contribution < -0.4 is 5.32 Å². The maximum atomic E-state index is 11.6. The number of hydrogen-bond acceptors (Lipinski definition) is 4. The molecule has 5 fully saturated rings. The third-order valence-electron chi connectivity index (χ3n) is 16.7. The number of nitrogens with one attached hydrogen (secondary N) is 1. The van der Waals surface area contributed by atoms with Crippen LogP contribution in [0.2, 0.25) is 0 Å². The van der Waals surface area contributed by atoms with Crippen molar-refractivity contribution < 1.29 is 14.6 Å². The van der Waals surface area contributed by atoms with Gasteiger partial charge in [-0.15, -0.1) is 0 Å². The number of carboxylic acids is 1. The van der Waals surface area contributed by atoms with Crippen molar-refractivity contribution in [2.75, 3.05) is 45.9 Å². The lowest BCUT2D eigenvalue weighted by molar-refractivity contribution is -0.225. The number of benzene rings is 1. The summed E-state index contributed by atoms with van der Waals surface area (Å²) < 4.78 is 5.56. The lowest BCUT2D eigenvalue weighted by Gasteiger charge is -2.72. The zero-order chi connectivity index (χ0) is 34.8. The van der Waals surface area contributed by atoms with Crippen molar-refractivity contribution >= 4 is 11.5 Å². The van der Waals surface area contributed by atoms with Gasteiger partial charge in [-0.3, -0.25) is 4.90 Å². The molecule has 4 saturated carbocycles. The number of carbonyl (C=O) groups is 1. The van der Waals surface area contributed by atoms with Crippen molar-refractivity contribution in [3.05, 3.63) is 53.6 Å². The molecule has 1 heterocycles. The van der Waals surface area contributed by atoms with Gasteiger partial charge in [0.25, 0.3) is 0 Å². The van der Waals surface area contributed by atoms with E-state index in [0.717, 1.165) is 57.0 Å². The summed E-state index contributed by atoms with van der Waals surface area (Å²) in [6.45, 7) is 27.6. The molecule has 9 atom stereocenters. The van der Waals surface area contributed by atoms with Crippen molar-refractivity contribution in [1.29, 1.82) is 0 Å². The molecule has 0 radical (unpaired) electrons. The van der Waals surface area contributed by atoms with Gasteiger partial charge >= 0.3 is 5.97 Å². The number of fused-ring (bicyclic) bond motifs is 7. The van der Waals surface area contributed by atoms with E-state index in [0.29, 0.717) is 33.6 Å². The molecule has 0 spiro atoms. The van der Waals surface area contributed by atoms with E-state index >= 15 is 0 Å². The number of ether oxygens (including phenoxy) is 1. The molecule has 5 heteroatoms. The van der Waals surface area contributed by atoms with Crippen LogP contribution in [0.1, 0.15) is 122 Å². The molecule has 1 aromatic rings. The lowest BCUT2D eigenvalue weighted by atomic mass is 9.32. The summed E-state index contributed by atoms with van der Waals surface area (Å²) in [4.78, 5) is 14.1. The zero-order valence-corrected chi connectivity index (χ0v) is 31.7. The van der Waals surface area contributed by atoms with Gasteiger partial charge in [-0.1, -0.05) is 65.0 Å². The van der Waals surface area contributed by atoms with E-state index in [2.05, 4.69) is 64.4 Å². The van der Waals surface area contributed by atoms with Crippen LogP contribution in [0, 0.1) is 56.7 Å². The highest BCUT2D eigenvalue weighted by atomic mass is 16.5. The number of rotatable bonds is 9. The van der Waals surface area contributed by atoms with Crippen molar-refractivity contribution in [3.63, 3.8) is 0 Å². The summed E-state index contributed by atoms with van der Waals surface area (Å²) in [5.41, 5.74) is 5.86. The lowest BCUT2D eigenvalue weighted by Crippen LogP contribution is -2.65. The molecule has 9 unspecified atom stereocenters. The molecule has 7 rings (SSSR count). The Balaban J connectivity index is 1.12. The molecule has 5 aliphatic carbocycles. The third kappa shape index (κ3) is 5.62. The SMILES string of the molecule is C=C(C)C1CCC2(CNCCCN3CCOCC3)CCC3(C)C(CCC4C5(C)CC=C(c6ccc(C(=O)O)cc6)C(C)(C)C5CCC43C)C12. The second-order valence-electron chi connectivity index (χ2n) is 19.0.